The van der Waals surface area contributed by atoms with Crippen LogP contribution >= 0.6 is 23.1 Å². The van der Waals surface area contributed by atoms with E-state index in [0.29, 0.717) is 11.7 Å². The molecule has 142 valence electrons. The summed E-state index contributed by atoms with van der Waals surface area (Å²) < 4.78 is 2.24. The van der Waals surface area contributed by atoms with Crippen LogP contribution in [0.25, 0.3) is 10.2 Å². The number of aromatic nitrogens is 5. The summed E-state index contributed by atoms with van der Waals surface area (Å²) in [5.74, 6) is 3.13. The molecule has 0 unspecified atom stereocenters. The van der Waals surface area contributed by atoms with Crippen LogP contribution in [0, 0.1) is 5.92 Å². The van der Waals surface area contributed by atoms with Crippen molar-refractivity contribution in [2.75, 3.05) is 0 Å². The first-order valence-electron chi connectivity index (χ1n) is 9.77. The van der Waals surface area contributed by atoms with Gasteiger partial charge in [-0.15, -0.1) is 21.5 Å². The lowest BCUT2D eigenvalue weighted by Gasteiger charge is -2.17. The van der Waals surface area contributed by atoms with Gasteiger partial charge in [-0.25, -0.2) is 4.98 Å². The zero-order valence-electron chi connectivity index (χ0n) is 15.5. The number of fused-ring (bicyclic) bond motifs is 4. The molecule has 0 fully saturated rings. The van der Waals surface area contributed by atoms with Gasteiger partial charge in [0.15, 0.2) is 5.16 Å². The molecule has 4 heterocycles. The first-order valence-corrected chi connectivity index (χ1v) is 11.6. The number of hydrogen-bond acceptors (Lipinski definition) is 6. The molecule has 0 saturated heterocycles. The number of thiophene rings is 1. The van der Waals surface area contributed by atoms with Crippen molar-refractivity contribution in [2.45, 2.75) is 69.3 Å². The molecule has 0 saturated carbocycles. The summed E-state index contributed by atoms with van der Waals surface area (Å²) in [6.45, 7) is 3.28. The summed E-state index contributed by atoms with van der Waals surface area (Å²) >= 11 is 3.33. The van der Waals surface area contributed by atoms with Crippen molar-refractivity contribution in [1.82, 2.24) is 24.7 Å². The third kappa shape index (κ3) is 3.23. The minimum absolute atomic E-state index is 0.0164. The molecule has 2 aliphatic rings. The molecule has 27 heavy (non-hydrogen) atoms. The van der Waals surface area contributed by atoms with Crippen LogP contribution in [0.5, 0.6) is 0 Å². The molecule has 0 aromatic carbocycles. The van der Waals surface area contributed by atoms with Gasteiger partial charge >= 0.3 is 0 Å². The third-order valence-electron chi connectivity index (χ3n) is 5.63. The highest BCUT2D eigenvalue weighted by molar-refractivity contribution is 7.98. The van der Waals surface area contributed by atoms with E-state index in [0.717, 1.165) is 59.2 Å². The normalized spacial score (nSPS) is 19.7. The van der Waals surface area contributed by atoms with Gasteiger partial charge < -0.3 is 9.55 Å². The first kappa shape index (κ1) is 17.4. The summed E-state index contributed by atoms with van der Waals surface area (Å²) in [5, 5.41) is 10.5. The highest BCUT2D eigenvalue weighted by Crippen LogP contribution is 2.36. The fourth-order valence-corrected chi connectivity index (χ4v) is 6.42. The van der Waals surface area contributed by atoms with Crippen LogP contribution in [0.2, 0.25) is 0 Å². The van der Waals surface area contributed by atoms with Crippen LogP contribution < -0.4 is 5.56 Å². The van der Waals surface area contributed by atoms with Crippen molar-refractivity contribution < 1.29 is 0 Å². The van der Waals surface area contributed by atoms with Crippen molar-refractivity contribution in [3.63, 3.8) is 0 Å². The molecule has 3 aromatic heterocycles. The molecule has 5 rings (SSSR count). The summed E-state index contributed by atoms with van der Waals surface area (Å²) in [6, 6.07) is 0. The number of hydrogen-bond donors (Lipinski definition) is 1. The van der Waals surface area contributed by atoms with Gasteiger partial charge in [0.1, 0.15) is 16.5 Å². The summed E-state index contributed by atoms with van der Waals surface area (Å²) in [7, 11) is 0. The molecule has 0 radical (unpaired) electrons. The second kappa shape index (κ2) is 7.05. The highest BCUT2D eigenvalue weighted by Gasteiger charge is 2.23. The van der Waals surface area contributed by atoms with Crippen molar-refractivity contribution in [3.05, 3.63) is 32.4 Å². The fourth-order valence-electron chi connectivity index (χ4n) is 4.16. The third-order valence-corrected chi connectivity index (χ3v) is 7.75. The highest BCUT2D eigenvalue weighted by atomic mass is 32.2. The average Bonchev–Trinajstić information content (AvgIpc) is 3.11. The standard InChI is InChI=1S/C19H23N5OS2/c1-11-6-7-12-13(9-11)27-18-16(12)17(25)20-14(21-18)10-26-19-23-22-15-5-3-2-4-8-24(15)19/h11H,2-10H2,1H3,(H,20,21,25)/t11-/m0/s1. The van der Waals surface area contributed by atoms with Crippen LogP contribution in [-0.4, -0.2) is 24.7 Å². The Morgan fingerprint density at radius 1 is 1.26 bits per heavy atom. The Morgan fingerprint density at radius 2 is 2.19 bits per heavy atom. The molecule has 0 spiro atoms. The summed E-state index contributed by atoms with van der Waals surface area (Å²) in [5.41, 5.74) is 1.26. The zero-order chi connectivity index (χ0) is 18.4. The van der Waals surface area contributed by atoms with Crippen LogP contribution in [0.1, 0.15) is 54.7 Å². The Labute approximate surface area is 165 Å². The molecule has 8 heteroatoms. The van der Waals surface area contributed by atoms with E-state index in [9.17, 15) is 4.79 Å². The van der Waals surface area contributed by atoms with E-state index in [4.69, 9.17) is 4.98 Å². The Morgan fingerprint density at radius 3 is 3.11 bits per heavy atom. The topological polar surface area (TPSA) is 76.5 Å². The van der Waals surface area contributed by atoms with Gasteiger partial charge in [-0.05, 0) is 43.6 Å². The van der Waals surface area contributed by atoms with Gasteiger partial charge in [0, 0.05) is 17.8 Å². The van der Waals surface area contributed by atoms with Gasteiger partial charge in [-0.2, -0.15) is 0 Å². The lowest BCUT2D eigenvalue weighted by atomic mass is 9.89. The first-order chi connectivity index (χ1) is 13.2. The number of nitrogens with zero attached hydrogens (tertiary/aromatic N) is 4. The number of thioether (sulfide) groups is 1. The van der Waals surface area contributed by atoms with Crippen LogP contribution in [0.4, 0.5) is 0 Å². The number of rotatable bonds is 3. The molecule has 0 amide bonds. The van der Waals surface area contributed by atoms with Gasteiger partial charge in [-0.1, -0.05) is 25.1 Å². The minimum Gasteiger partial charge on any atom is -0.309 e. The minimum atomic E-state index is 0.0164. The molecule has 1 N–H and O–H groups in total. The lowest BCUT2D eigenvalue weighted by molar-refractivity contribution is 0.509. The van der Waals surface area contributed by atoms with Crippen LogP contribution in [0.15, 0.2) is 9.95 Å². The van der Waals surface area contributed by atoms with Gasteiger partial charge in [0.2, 0.25) is 0 Å². The fraction of sp³-hybridized carbons (Fsp3) is 0.579. The number of aromatic amines is 1. The van der Waals surface area contributed by atoms with E-state index < -0.39 is 0 Å². The quantitative estimate of drug-likeness (QED) is 0.677. The smallest absolute Gasteiger partial charge is 0.259 e. The number of nitrogens with one attached hydrogen (secondary N) is 1. The van der Waals surface area contributed by atoms with Gasteiger partial charge in [0.25, 0.3) is 5.56 Å². The number of H-pyrrole nitrogens is 1. The van der Waals surface area contributed by atoms with Crippen molar-refractivity contribution in [2.24, 2.45) is 5.92 Å². The molecular formula is C19H23N5OS2. The van der Waals surface area contributed by atoms with Crippen molar-refractivity contribution >= 4 is 33.3 Å². The Kier molecular flexibility index (Phi) is 4.55. The maximum Gasteiger partial charge on any atom is 0.259 e. The number of aryl methyl sites for hydroxylation is 2. The van der Waals surface area contributed by atoms with E-state index in [2.05, 4.69) is 26.7 Å². The van der Waals surface area contributed by atoms with Gasteiger partial charge in [-0.3, -0.25) is 4.79 Å². The van der Waals surface area contributed by atoms with Crippen molar-refractivity contribution in [1.29, 1.82) is 0 Å². The maximum atomic E-state index is 12.7. The molecular weight excluding hydrogens is 378 g/mol. The predicted molar refractivity (Wildman–Crippen MR) is 109 cm³/mol. The summed E-state index contributed by atoms with van der Waals surface area (Å²) in [4.78, 5) is 22.8. The van der Waals surface area contributed by atoms with Crippen LogP contribution in [0.3, 0.4) is 0 Å². The Bertz CT molecular complexity index is 1050. The second-order valence-corrected chi connectivity index (χ2v) is 9.72. The zero-order valence-corrected chi connectivity index (χ0v) is 17.1. The molecule has 3 aromatic rings. The molecule has 6 nitrogen and oxygen atoms in total. The molecule has 1 aliphatic heterocycles. The van der Waals surface area contributed by atoms with E-state index in [-0.39, 0.29) is 5.56 Å². The van der Waals surface area contributed by atoms with Gasteiger partial charge in [0.05, 0.1) is 11.1 Å². The average molecular weight is 402 g/mol. The molecule has 1 aliphatic carbocycles. The van der Waals surface area contributed by atoms with E-state index in [1.807, 2.05) is 0 Å². The Hall–Kier alpha value is -1.67. The molecule has 1 atom stereocenters. The second-order valence-electron chi connectivity index (χ2n) is 7.69. The van der Waals surface area contributed by atoms with E-state index in [1.165, 1.54) is 29.7 Å². The predicted octanol–water partition coefficient (Wildman–Crippen LogP) is 3.72. The maximum absolute atomic E-state index is 12.7. The molecule has 0 bridgehead atoms. The Balaban J connectivity index is 1.42. The largest absolute Gasteiger partial charge is 0.309 e. The lowest BCUT2D eigenvalue weighted by Crippen LogP contribution is -2.14. The summed E-state index contributed by atoms with van der Waals surface area (Å²) in [6.07, 6.45) is 7.87. The van der Waals surface area contributed by atoms with Crippen LogP contribution in [-0.2, 0) is 31.6 Å². The van der Waals surface area contributed by atoms with E-state index >= 15 is 0 Å². The SMILES string of the molecule is C[C@H]1CCc2c(sc3nc(CSc4nnc5n4CCCCC5)[nH]c(=O)c23)C1. The van der Waals surface area contributed by atoms with E-state index in [1.54, 1.807) is 23.1 Å². The van der Waals surface area contributed by atoms with Crippen molar-refractivity contribution in [3.8, 4) is 0 Å². The monoisotopic (exact) mass is 401 g/mol.